The van der Waals surface area contributed by atoms with Crippen LogP contribution >= 0.6 is 0 Å². The molecule has 0 fully saturated rings. The third-order valence-corrected chi connectivity index (χ3v) is 5.54. The number of halogens is 1. The molecule has 0 aliphatic heterocycles. The van der Waals surface area contributed by atoms with Crippen LogP contribution in [0, 0.1) is 40.4 Å². The van der Waals surface area contributed by atoms with Crippen molar-refractivity contribution in [3.05, 3.63) is 75.5 Å². The Morgan fingerprint density at radius 3 is 2.32 bits per heavy atom. The molecule has 0 bridgehead atoms. The van der Waals surface area contributed by atoms with E-state index >= 15 is 0 Å². The van der Waals surface area contributed by atoms with Gasteiger partial charge in [0.2, 0.25) is 0 Å². The van der Waals surface area contributed by atoms with Crippen LogP contribution in [0.1, 0.15) is 39.3 Å². The summed E-state index contributed by atoms with van der Waals surface area (Å²) in [4.78, 5) is 4.82. The fourth-order valence-electron chi connectivity index (χ4n) is 3.95. The average Bonchev–Trinajstić information content (AvgIpc) is 3.24. The van der Waals surface area contributed by atoms with Crippen LogP contribution in [0.5, 0.6) is 5.75 Å². The summed E-state index contributed by atoms with van der Waals surface area (Å²) in [5.41, 5.74) is 7.94. The van der Waals surface area contributed by atoms with Gasteiger partial charge in [0.1, 0.15) is 5.69 Å². The van der Waals surface area contributed by atoms with Crippen molar-refractivity contribution in [1.82, 2.24) is 25.0 Å². The number of aromatic amines is 1. The largest absolute Gasteiger partial charge is 0.494 e. The molecule has 1 N–H and O–H groups in total. The Kier molecular flexibility index (Phi) is 5.35. The second kappa shape index (κ2) is 7.98. The van der Waals surface area contributed by atoms with Gasteiger partial charge in [-0.15, -0.1) is 0 Å². The first-order valence-electron chi connectivity index (χ1n) is 10.2. The van der Waals surface area contributed by atoms with Gasteiger partial charge in [0.25, 0.3) is 0 Å². The van der Waals surface area contributed by atoms with E-state index in [-0.39, 0.29) is 5.75 Å². The maximum atomic E-state index is 14.2. The standard InChI is InChI=1S/C24H26FN5O/c1-13-9-14(2)23(15(3)10-13)30-24(22-16(4)17(5)27-28-22)26-21(29-30)12-18-7-8-20(31-6)19(25)11-18/h7-11H,12H2,1-6H3,(H,27,28). The normalized spacial score (nSPS) is 11.2. The minimum atomic E-state index is -0.399. The quantitative estimate of drug-likeness (QED) is 0.498. The zero-order valence-electron chi connectivity index (χ0n) is 18.7. The van der Waals surface area contributed by atoms with E-state index in [9.17, 15) is 4.39 Å². The number of hydrogen-bond acceptors (Lipinski definition) is 4. The number of hydrogen-bond donors (Lipinski definition) is 1. The van der Waals surface area contributed by atoms with Crippen molar-refractivity contribution in [1.29, 1.82) is 0 Å². The third kappa shape index (κ3) is 3.83. The molecule has 2 aromatic carbocycles. The van der Waals surface area contributed by atoms with Crippen LogP contribution in [0.2, 0.25) is 0 Å². The average molecular weight is 420 g/mol. The molecule has 6 nitrogen and oxygen atoms in total. The van der Waals surface area contributed by atoms with Gasteiger partial charge in [0, 0.05) is 17.7 Å². The molecule has 0 amide bonds. The molecule has 0 aliphatic rings. The molecule has 0 atom stereocenters. The van der Waals surface area contributed by atoms with Crippen LogP contribution in [0.4, 0.5) is 4.39 Å². The molecular formula is C24H26FN5O. The maximum Gasteiger partial charge on any atom is 0.184 e. The Balaban J connectivity index is 1.85. The van der Waals surface area contributed by atoms with Gasteiger partial charge in [-0.1, -0.05) is 23.8 Å². The van der Waals surface area contributed by atoms with Gasteiger partial charge in [-0.25, -0.2) is 14.1 Å². The molecule has 160 valence electrons. The summed E-state index contributed by atoms with van der Waals surface area (Å²) in [5, 5.41) is 12.3. The first-order chi connectivity index (χ1) is 14.8. The van der Waals surface area contributed by atoms with Crippen LogP contribution in [0.15, 0.2) is 30.3 Å². The van der Waals surface area contributed by atoms with Gasteiger partial charge < -0.3 is 4.74 Å². The minimum Gasteiger partial charge on any atom is -0.494 e. The predicted octanol–water partition coefficient (Wildman–Crippen LogP) is 4.94. The number of benzene rings is 2. The summed E-state index contributed by atoms with van der Waals surface area (Å²) in [7, 11) is 1.45. The number of aromatic nitrogens is 5. The van der Waals surface area contributed by atoms with E-state index in [1.807, 2.05) is 24.6 Å². The molecule has 0 saturated heterocycles. The Morgan fingerprint density at radius 1 is 1.03 bits per heavy atom. The summed E-state index contributed by atoms with van der Waals surface area (Å²) < 4.78 is 21.1. The molecule has 0 unspecified atom stereocenters. The molecule has 31 heavy (non-hydrogen) atoms. The number of methoxy groups -OCH3 is 1. The Labute approximate surface area is 181 Å². The molecule has 0 spiro atoms. The molecular weight excluding hydrogens is 393 g/mol. The summed E-state index contributed by atoms with van der Waals surface area (Å²) in [6, 6.07) is 9.18. The molecule has 7 heteroatoms. The zero-order valence-corrected chi connectivity index (χ0v) is 18.7. The lowest BCUT2D eigenvalue weighted by atomic mass is 10.0. The maximum absolute atomic E-state index is 14.2. The van der Waals surface area contributed by atoms with Gasteiger partial charge in [-0.3, -0.25) is 5.10 Å². The third-order valence-electron chi connectivity index (χ3n) is 5.54. The van der Waals surface area contributed by atoms with E-state index in [0.717, 1.165) is 39.3 Å². The second-order valence-electron chi connectivity index (χ2n) is 7.98. The second-order valence-corrected chi connectivity index (χ2v) is 7.98. The number of aryl methyl sites for hydroxylation is 4. The predicted molar refractivity (Wildman–Crippen MR) is 118 cm³/mol. The molecule has 2 heterocycles. The smallest absolute Gasteiger partial charge is 0.184 e. The Hall–Kier alpha value is -3.48. The van der Waals surface area contributed by atoms with E-state index in [1.165, 1.54) is 18.7 Å². The minimum absolute atomic E-state index is 0.219. The van der Waals surface area contributed by atoms with Crippen LogP contribution in [0.25, 0.3) is 17.2 Å². The zero-order chi connectivity index (χ0) is 22.3. The first-order valence-corrected chi connectivity index (χ1v) is 10.2. The SMILES string of the molecule is COc1ccc(Cc2nc(-c3n[nH]c(C)c3C)n(-c3c(C)cc(C)cc3C)n2)cc1F. The van der Waals surface area contributed by atoms with E-state index in [0.29, 0.717) is 18.1 Å². The van der Waals surface area contributed by atoms with Crippen molar-refractivity contribution in [3.8, 4) is 23.0 Å². The summed E-state index contributed by atoms with van der Waals surface area (Å²) in [6.07, 6.45) is 0.396. The van der Waals surface area contributed by atoms with Crippen LogP contribution in [0.3, 0.4) is 0 Å². The number of nitrogens with one attached hydrogen (secondary N) is 1. The fourth-order valence-corrected chi connectivity index (χ4v) is 3.95. The van der Waals surface area contributed by atoms with Gasteiger partial charge in [0.05, 0.1) is 12.8 Å². The van der Waals surface area contributed by atoms with Crippen molar-refractivity contribution in [2.24, 2.45) is 0 Å². The van der Waals surface area contributed by atoms with Crippen molar-refractivity contribution in [2.45, 2.75) is 41.0 Å². The Bertz CT molecular complexity index is 1250. The van der Waals surface area contributed by atoms with Gasteiger partial charge in [0.15, 0.2) is 23.2 Å². The van der Waals surface area contributed by atoms with Gasteiger partial charge >= 0.3 is 0 Å². The lowest BCUT2D eigenvalue weighted by Gasteiger charge is -2.13. The van der Waals surface area contributed by atoms with Crippen molar-refractivity contribution in [3.63, 3.8) is 0 Å². The highest BCUT2D eigenvalue weighted by Crippen LogP contribution is 2.29. The molecule has 2 aromatic heterocycles. The van der Waals surface area contributed by atoms with E-state index < -0.39 is 5.82 Å². The van der Waals surface area contributed by atoms with Crippen molar-refractivity contribution in [2.75, 3.05) is 7.11 Å². The number of ether oxygens (including phenoxy) is 1. The monoisotopic (exact) mass is 419 g/mol. The van der Waals surface area contributed by atoms with Crippen LogP contribution < -0.4 is 4.74 Å². The van der Waals surface area contributed by atoms with Crippen LogP contribution in [-0.2, 0) is 6.42 Å². The van der Waals surface area contributed by atoms with Crippen molar-refractivity contribution < 1.29 is 9.13 Å². The summed E-state index contributed by atoms with van der Waals surface area (Å²) in [5.74, 6) is 1.08. The molecule has 4 aromatic rings. The summed E-state index contributed by atoms with van der Waals surface area (Å²) in [6.45, 7) is 10.2. The number of rotatable bonds is 5. The fraction of sp³-hybridized carbons (Fsp3) is 0.292. The van der Waals surface area contributed by atoms with E-state index in [2.05, 4.69) is 43.1 Å². The topological polar surface area (TPSA) is 68.6 Å². The molecule has 4 rings (SSSR count). The van der Waals surface area contributed by atoms with Crippen molar-refractivity contribution >= 4 is 0 Å². The lowest BCUT2D eigenvalue weighted by molar-refractivity contribution is 0.386. The Morgan fingerprint density at radius 2 is 1.74 bits per heavy atom. The highest BCUT2D eigenvalue weighted by Gasteiger charge is 2.21. The van der Waals surface area contributed by atoms with Gasteiger partial charge in [-0.05, 0) is 63.4 Å². The summed E-state index contributed by atoms with van der Waals surface area (Å²) >= 11 is 0. The number of nitrogens with zero attached hydrogens (tertiary/aromatic N) is 4. The molecule has 0 saturated carbocycles. The van der Waals surface area contributed by atoms with Crippen LogP contribution in [-0.4, -0.2) is 32.1 Å². The van der Waals surface area contributed by atoms with Gasteiger partial charge in [-0.2, -0.15) is 10.2 Å². The van der Waals surface area contributed by atoms with E-state index in [1.54, 1.807) is 6.07 Å². The number of H-pyrrole nitrogens is 1. The highest BCUT2D eigenvalue weighted by atomic mass is 19.1. The first kappa shape index (κ1) is 20.8. The highest BCUT2D eigenvalue weighted by molar-refractivity contribution is 5.61. The molecule has 0 aliphatic carbocycles. The van der Waals surface area contributed by atoms with E-state index in [4.69, 9.17) is 14.8 Å². The lowest BCUT2D eigenvalue weighted by Crippen LogP contribution is -2.06. The molecule has 0 radical (unpaired) electrons.